The average molecular weight is 398 g/mol. The number of rotatable bonds is 5. The largest absolute Gasteiger partial charge is 0.493 e. The van der Waals surface area contributed by atoms with Crippen LogP contribution in [-0.4, -0.2) is 62.0 Å². The summed E-state index contributed by atoms with van der Waals surface area (Å²) in [6.07, 6.45) is 3.22. The first-order valence-electron chi connectivity index (χ1n) is 9.25. The molecular weight excluding hydrogens is 375 g/mol. The van der Waals surface area contributed by atoms with E-state index in [0.717, 1.165) is 5.56 Å². The van der Waals surface area contributed by atoms with Crippen molar-refractivity contribution in [3.05, 3.63) is 65.5 Å². The van der Waals surface area contributed by atoms with E-state index in [0.29, 0.717) is 43.2 Å². The third kappa shape index (κ3) is 4.93. The number of carbonyl (C=O) groups excluding carboxylic acids is 2. The standard InChI is InChI=1S/C22H23FN2O4/c1-28-19-8-6-16(14-20(19)29-2)7-9-21(26)24-10-12-25(13-11-24)22(27)17-4-3-5-18(23)15-17/h3-9,14-15H,10-13H2,1-2H3/b9-7+. The van der Waals surface area contributed by atoms with Crippen LogP contribution in [-0.2, 0) is 4.79 Å². The summed E-state index contributed by atoms with van der Waals surface area (Å²) in [5.41, 5.74) is 1.13. The number of benzene rings is 2. The molecule has 0 aromatic heterocycles. The SMILES string of the molecule is COc1ccc(/C=C/C(=O)N2CCN(C(=O)c3cccc(F)c3)CC2)cc1OC. The maximum absolute atomic E-state index is 13.3. The molecule has 0 spiro atoms. The highest BCUT2D eigenvalue weighted by Gasteiger charge is 2.24. The molecule has 1 heterocycles. The predicted molar refractivity (Wildman–Crippen MR) is 107 cm³/mol. The number of nitrogens with zero attached hydrogens (tertiary/aromatic N) is 2. The Morgan fingerprint density at radius 1 is 0.931 bits per heavy atom. The van der Waals surface area contributed by atoms with Gasteiger partial charge in [0.05, 0.1) is 14.2 Å². The number of hydrogen-bond acceptors (Lipinski definition) is 4. The quantitative estimate of drug-likeness (QED) is 0.727. The van der Waals surface area contributed by atoms with Gasteiger partial charge in [0.2, 0.25) is 5.91 Å². The van der Waals surface area contributed by atoms with Crippen LogP contribution in [0.1, 0.15) is 15.9 Å². The van der Waals surface area contributed by atoms with Gasteiger partial charge < -0.3 is 19.3 Å². The van der Waals surface area contributed by atoms with E-state index in [2.05, 4.69) is 0 Å². The van der Waals surface area contributed by atoms with E-state index >= 15 is 0 Å². The Morgan fingerprint density at radius 3 is 2.28 bits per heavy atom. The third-order valence-electron chi connectivity index (χ3n) is 4.78. The number of carbonyl (C=O) groups is 2. The van der Waals surface area contributed by atoms with Crippen LogP contribution in [0.15, 0.2) is 48.5 Å². The first-order chi connectivity index (χ1) is 14.0. The minimum Gasteiger partial charge on any atom is -0.493 e. The van der Waals surface area contributed by atoms with Crippen molar-refractivity contribution in [1.29, 1.82) is 0 Å². The molecule has 29 heavy (non-hydrogen) atoms. The van der Waals surface area contributed by atoms with E-state index in [9.17, 15) is 14.0 Å². The van der Waals surface area contributed by atoms with Crippen LogP contribution in [0.25, 0.3) is 6.08 Å². The van der Waals surface area contributed by atoms with Crippen LogP contribution < -0.4 is 9.47 Å². The van der Waals surface area contributed by atoms with Crippen molar-refractivity contribution in [3.8, 4) is 11.5 Å². The summed E-state index contributed by atoms with van der Waals surface area (Å²) in [5, 5.41) is 0. The monoisotopic (exact) mass is 398 g/mol. The fourth-order valence-corrected chi connectivity index (χ4v) is 3.16. The summed E-state index contributed by atoms with van der Waals surface area (Å²) in [6, 6.07) is 11.0. The van der Waals surface area contributed by atoms with Crippen LogP contribution in [0.4, 0.5) is 4.39 Å². The van der Waals surface area contributed by atoms with Gasteiger partial charge in [0.15, 0.2) is 11.5 Å². The lowest BCUT2D eigenvalue weighted by Gasteiger charge is -2.34. The molecule has 0 bridgehead atoms. The molecule has 2 aromatic carbocycles. The maximum atomic E-state index is 13.3. The Labute approximate surface area is 169 Å². The zero-order chi connectivity index (χ0) is 20.8. The summed E-state index contributed by atoms with van der Waals surface area (Å²) in [6.45, 7) is 1.67. The minimum absolute atomic E-state index is 0.127. The number of amides is 2. The second-order valence-electron chi connectivity index (χ2n) is 6.58. The van der Waals surface area contributed by atoms with Crippen LogP contribution >= 0.6 is 0 Å². The van der Waals surface area contributed by atoms with Crippen LogP contribution in [0.5, 0.6) is 11.5 Å². The zero-order valence-electron chi connectivity index (χ0n) is 16.4. The van der Waals surface area contributed by atoms with Gasteiger partial charge in [-0.15, -0.1) is 0 Å². The normalized spacial score (nSPS) is 14.2. The molecule has 1 aliphatic rings. The molecule has 2 amide bonds. The smallest absolute Gasteiger partial charge is 0.254 e. The van der Waals surface area contributed by atoms with E-state index in [1.54, 1.807) is 48.3 Å². The molecule has 3 rings (SSSR count). The van der Waals surface area contributed by atoms with Crippen LogP contribution in [0.3, 0.4) is 0 Å². The van der Waals surface area contributed by atoms with Crippen molar-refractivity contribution in [3.63, 3.8) is 0 Å². The van der Waals surface area contributed by atoms with E-state index in [4.69, 9.17) is 9.47 Å². The predicted octanol–water partition coefficient (Wildman–Crippen LogP) is 2.84. The Morgan fingerprint density at radius 2 is 1.62 bits per heavy atom. The lowest BCUT2D eigenvalue weighted by molar-refractivity contribution is -0.127. The highest BCUT2D eigenvalue weighted by atomic mass is 19.1. The molecule has 152 valence electrons. The molecule has 1 aliphatic heterocycles. The summed E-state index contributed by atoms with van der Waals surface area (Å²) < 4.78 is 23.8. The van der Waals surface area contributed by atoms with E-state index in [1.807, 2.05) is 6.07 Å². The van der Waals surface area contributed by atoms with Gasteiger partial charge in [0.25, 0.3) is 5.91 Å². The molecule has 0 aliphatic carbocycles. The van der Waals surface area contributed by atoms with E-state index < -0.39 is 5.82 Å². The van der Waals surface area contributed by atoms with Crippen molar-refractivity contribution >= 4 is 17.9 Å². The molecule has 7 heteroatoms. The van der Waals surface area contributed by atoms with E-state index in [1.165, 1.54) is 24.3 Å². The van der Waals surface area contributed by atoms with Gasteiger partial charge in [-0.1, -0.05) is 12.1 Å². The van der Waals surface area contributed by atoms with Gasteiger partial charge >= 0.3 is 0 Å². The molecule has 0 atom stereocenters. The number of methoxy groups -OCH3 is 2. The Kier molecular flexibility index (Phi) is 6.49. The van der Waals surface area contributed by atoms with Crippen molar-refractivity contribution < 1.29 is 23.5 Å². The highest BCUT2D eigenvalue weighted by molar-refractivity contribution is 5.95. The molecule has 0 unspecified atom stereocenters. The number of halogens is 1. The minimum atomic E-state index is -0.440. The van der Waals surface area contributed by atoms with Crippen LogP contribution in [0.2, 0.25) is 0 Å². The molecule has 2 aromatic rings. The molecular formula is C22H23FN2O4. The van der Waals surface area contributed by atoms with Gasteiger partial charge in [-0.2, -0.15) is 0 Å². The van der Waals surface area contributed by atoms with Gasteiger partial charge in [-0.25, -0.2) is 4.39 Å². The number of hydrogen-bond donors (Lipinski definition) is 0. The first kappa shape index (κ1) is 20.4. The summed E-state index contributed by atoms with van der Waals surface area (Å²) >= 11 is 0. The zero-order valence-corrected chi connectivity index (χ0v) is 16.4. The Balaban J connectivity index is 1.57. The summed E-state index contributed by atoms with van der Waals surface area (Å²) in [7, 11) is 3.12. The van der Waals surface area contributed by atoms with Gasteiger partial charge in [0, 0.05) is 37.8 Å². The maximum Gasteiger partial charge on any atom is 0.254 e. The lowest BCUT2D eigenvalue weighted by Crippen LogP contribution is -2.50. The highest BCUT2D eigenvalue weighted by Crippen LogP contribution is 2.28. The third-order valence-corrected chi connectivity index (χ3v) is 4.78. The van der Waals surface area contributed by atoms with Crippen molar-refractivity contribution in [2.45, 2.75) is 0 Å². The lowest BCUT2D eigenvalue weighted by atomic mass is 10.1. The van der Waals surface area contributed by atoms with Crippen molar-refractivity contribution in [2.75, 3.05) is 40.4 Å². The molecule has 0 saturated carbocycles. The van der Waals surface area contributed by atoms with Crippen molar-refractivity contribution in [1.82, 2.24) is 9.80 Å². The Hall–Kier alpha value is -3.35. The summed E-state index contributed by atoms with van der Waals surface area (Å²) in [4.78, 5) is 28.3. The fourth-order valence-electron chi connectivity index (χ4n) is 3.16. The first-order valence-corrected chi connectivity index (χ1v) is 9.25. The molecule has 6 nitrogen and oxygen atoms in total. The second-order valence-corrected chi connectivity index (χ2v) is 6.58. The fraction of sp³-hybridized carbons (Fsp3) is 0.273. The number of ether oxygens (including phenoxy) is 2. The molecule has 0 N–H and O–H groups in total. The van der Waals surface area contributed by atoms with E-state index in [-0.39, 0.29) is 11.8 Å². The Bertz CT molecular complexity index is 921. The van der Waals surface area contributed by atoms with Gasteiger partial charge in [0.1, 0.15) is 5.82 Å². The van der Waals surface area contributed by atoms with Gasteiger partial charge in [-0.3, -0.25) is 9.59 Å². The second kappa shape index (κ2) is 9.23. The topological polar surface area (TPSA) is 59.1 Å². The summed E-state index contributed by atoms with van der Waals surface area (Å²) in [5.74, 6) is 0.418. The van der Waals surface area contributed by atoms with Gasteiger partial charge in [-0.05, 0) is 42.0 Å². The molecule has 1 saturated heterocycles. The van der Waals surface area contributed by atoms with Crippen molar-refractivity contribution in [2.24, 2.45) is 0 Å². The van der Waals surface area contributed by atoms with Crippen LogP contribution in [0, 0.1) is 5.82 Å². The molecule has 0 radical (unpaired) electrons. The average Bonchev–Trinajstić information content (AvgIpc) is 2.76. The number of piperazine rings is 1. The molecule has 1 fully saturated rings.